The molecule has 1 saturated heterocycles. The van der Waals surface area contributed by atoms with Crippen LogP contribution in [0.25, 0.3) is 6.08 Å². The number of piperazine rings is 1. The van der Waals surface area contributed by atoms with Crippen molar-refractivity contribution in [2.75, 3.05) is 33.0 Å². The van der Waals surface area contributed by atoms with Crippen molar-refractivity contribution in [3.63, 3.8) is 0 Å². The highest BCUT2D eigenvalue weighted by Gasteiger charge is 2.34. The quantitative estimate of drug-likeness (QED) is 0.432. The van der Waals surface area contributed by atoms with Gasteiger partial charge < -0.3 is 19.3 Å². The van der Waals surface area contributed by atoms with Gasteiger partial charge in [-0.3, -0.25) is 14.6 Å². The highest BCUT2D eigenvalue weighted by Crippen LogP contribution is 2.42. The van der Waals surface area contributed by atoms with E-state index in [0.717, 1.165) is 54.3 Å². The molecule has 1 fully saturated rings. The van der Waals surface area contributed by atoms with Crippen molar-refractivity contribution < 1.29 is 24.1 Å². The number of Topliss-reactive ketones (excluding diaryl/α,β-unsaturated/α-hetero) is 1. The second kappa shape index (κ2) is 9.85. The van der Waals surface area contributed by atoms with Gasteiger partial charge in [0.1, 0.15) is 11.5 Å². The fourth-order valence-corrected chi connectivity index (χ4v) is 5.49. The molecule has 0 atom stereocenters. The molecule has 1 N–H and O–H groups in total. The molecule has 0 saturated carbocycles. The number of rotatable bonds is 5. The van der Waals surface area contributed by atoms with Crippen LogP contribution in [0.4, 0.5) is 0 Å². The fraction of sp³-hybridized carbons (Fsp3) is 0.276. The van der Waals surface area contributed by atoms with Crippen LogP contribution in [0.5, 0.6) is 23.0 Å². The van der Waals surface area contributed by atoms with Crippen LogP contribution in [-0.2, 0) is 13.1 Å². The number of nitrogens with zero attached hydrogens (tertiary/aromatic N) is 2. The normalized spacial score (nSPS) is 18.3. The van der Waals surface area contributed by atoms with E-state index < -0.39 is 0 Å². The number of aromatic hydroxyl groups is 1. The fourth-order valence-electron chi connectivity index (χ4n) is 5.09. The maximum Gasteiger partial charge on any atom is 0.232 e. The molecule has 0 aromatic heterocycles. The molecular weight excluding hydrogens is 536 g/mol. The van der Waals surface area contributed by atoms with Gasteiger partial charge in [-0.05, 0) is 54.0 Å². The van der Waals surface area contributed by atoms with Crippen molar-refractivity contribution in [1.82, 2.24) is 9.80 Å². The smallest absolute Gasteiger partial charge is 0.232 e. The van der Waals surface area contributed by atoms with Gasteiger partial charge in [-0.15, -0.1) is 0 Å². The van der Waals surface area contributed by atoms with E-state index in [0.29, 0.717) is 29.0 Å². The zero-order valence-corrected chi connectivity index (χ0v) is 22.1. The SMILES string of the molecule is Cc1cc(O)c(CN2CCN(Cc3ccc4c(c3)OCO4)CC2)c2c1C(=O)/C(=C/c1ccccc1Br)O2. The van der Waals surface area contributed by atoms with E-state index in [-0.39, 0.29) is 24.1 Å². The first-order chi connectivity index (χ1) is 18.0. The third kappa shape index (κ3) is 4.72. The third-order valence-corrected chi connectivity index (χ3v) is 7.82. The predicted molar refractivity (Wildman–Crippen MR) is 143 cm³/mol. The molecule has 190 valence electrons. The Labute approximate surface area is 224 Å². The maximum absolute atomic E-state index is 13.2. The zero-order valence-electron chi connectivity index (χ0n) is 20.5. The van der Waals surface area contributed by atoms with Crippen molar-refractivity contribution in [3.8, 4) is 23.0 Å². The summed E-state index contributed by atoms with van der Waals surface area (Å²) in [6.07, 6.45) is 1.75. The number of carbonyl (C=O) groups is 1. The minimum absolute atomic E-state index is 0.155. The largest absolute Gasteiger partial charge is 0.507 e. The number of hydrogen-bond acceptors (Lipinski definition) is 7. The van der Waals surface area contributed by atoms with E-state index in [1.54, 1.807) is 12.1 Å². The molecule has 3 heterocycles. The monoisotopic (exact) mass is 562 g/mol. The number of allylic oxidation sites excluding steroid dienone is 1. The number of ketones is 1. The average molecular weight is 563 g/mol. The second-order valence-corrected chi connectivity index (χ2v) is 10.5. The highest BCUT2D eigenvalue weighted by atomic mass is 79.9. The van der Waals surface area contributed by atoms with Crippen molar-refractivity contribution in [3.05, 3.63) is 86.6 Å². The molecule has 0 bridgehead atoms. The molecule has 0 aliphatic carbocycles. The highest BCUT2D eigenvalue weighted by molar-refractivity contribution is 9.10. The van der Waals surface area contributed by atoms with E-state index >= 15 is 0 Å². The maximum atomic E-state index is 13.2. The Kier molecular flexibility index (Phi) is 6.40. The number of aryl methyl sites for hydroxylation is 1. The van der Waals surface area contributed by atoms with E-state index in [1.165, 1.54) is 5.56 Å². The standard InChI is InChI=1S/C29H27BrN2O5/c1-18-12-23(33)21(29-27(18)28(34)26(37-29)14-20-4-2-3-5-22(20)30)16-32-10-8-31(9-11-32)15-19-6-7-24-25(13-19)36-17-35-24/h2-7,12-14,33H,8-11,15-17H2,1H3/b26-14-. The number of ether oxygens (including phenoxy) is 3. The summed E-state index contributed by atoms with van der Waals surface area (Å²) in [4.78, 5) is 18.0. The lowest BCUT2D eigenvalue weighted by Gasteiger charge is -2.35. The Morgan fingerprint density at radius 3 is 2.49 bits per heavy atom. The average Bonchev–Trinajstić information content (AvgIpc) is 3.48. The Morgan fingerprint density at radius 1 is 0.973 bits per heavy atom. The van der Waals surface area contributed by atoms with Gasteiger partial charge in [0.15, 0.2) is 17.3 Å². The Hall–Kier alpha value is -3.33. The van der Waals surface area contributed by atoms with E-state index in [4.69, 9.17) is 14.2 Å². The van der Waals surface area contributed by atoms with Crippen molar-refractivity contribution in [1.29, 1.82) is 0 Å². The second-order valence-electron chi connectivity index (χ2n) is 9.60. The zero-order chi connectivity index (χ0) is 25.5. The molecule has 0 amide bonds. The number of phenols is 1. The molecule has 3 aromatic rings. The number of phenolic OH excluding ortho intramolecular Hbond substituents is 1. The van der Waals surface area contributed by atoms with Gasteiger partial charge in [0, 0.05) is 43.7 Å². The van der Waals surface area contributed by atoms with Gasteiger partial charge >= 0.3 is 0 Å². The molecule has 8 heteroatoms. The summed E-state index contributed by atoms with van der Waals surface area (Å²) in [5, 5.41) is 10.8. The van der Waals surface area contributed by atoms with Crippen molar-refractivity contribution in [2.24, 2.45) is 0 Å². The molecule has 3 aliphatic heterocycles. The number of hydrogen-bond donors (Lipinski definition) is 1. The number of carbonyl (C=O) groups excluding carboxylic acids is 1. The topological polar surface area (TPSA) is 71.5 Å². The van der Waals surface area contributed by atoms with Crippen LogP contribution < -0.4 is 14.2 Å². The van der Waals surface area contributed by atoms with Gasteiger partial charge in [-0.25, -0.2) is 0 Å². The Morgan fingerprint density at radius 2 is 1.70 bits per heavy atom. The van der Waals surface area contributed by atoms with Crippen LogP contribution in [0.1, 0.15) is 32.6 Å². The molecule has 7 nitrogen and oxygen atoms in total. The number of benzene rings is 3. The third-order valence-electron chi connectivity index (χ3n) is 7.10. The number of fused-ring (bicyclic) bond motifs is 2. The van der Waals surface area contributed by atoms with E-state index in [2.05, 4.69) is 37.9 Å². The first kappa shape index (κ1) is 24.0. The lowest BCUT2D eigenvalue weighted by Crippen LogP contribution is -2.45. The van der Waals surface area contributed by atoms with Gasteiger partial charge in [-0.2, -0.15) is 0 Å². The Balaban J connectivity index is 1.16. The summed E-state index contributed by atoms with van der Waals surface area (Å²) in [6.45, 7) is 6.97. The van der Waals surface area contributed by atoms with Crippen LogP contribution in [-0.4, -0.2) is 53.7 Å². The molecule has 3 aliphatic rings. The van der Waals surface area contributed by atoms with E-state index in [1.807, 2.05) is 37.3 Å². The van der Waals surface area contributed by atoms with Crippen LogP contribution in [0.2, 0.25) is 0 Å². The summed E-state index contributed by atoms with van der Waals surface area (Å²) in [7, 11) is 0. The van der Waals surface area contributed by atoms with Gasteiger partial charge in [0.05, 0.1) is 11.1 Å². The van der Waals surface area contributed by atoms with Gasteiger partial charge in [0.25, 0.3) is 0 Å². The first-order valence-corrected chi connectivity index (χ1v) is 13.1. The van der Waals surface area contributed by atoms with Crippen LogP contribution >= 0.6 is 15.9 Å². The summed E-state index contributed by atoms with van der Waals surface area (Å²) in [6, 6.07) is 15.5. The van der Waals surface area contributed by atoms with Gasteiger partial charge in [0.2, 0.25) is 12.6 Å². The minimum atomic E-state index is -0.155. The molecule has 0 radical (unpaired) electrons. The van der Waals surface area contributed by atoms with Crippen molar-refractivity contribution >= 4 is 27.8 Å². The lowest BCUT2D eigenvalue weighted by atomic mass is 9.99. The summed E-state index contributed by atoms with van der Waals surface area (Å²) < 4.78 is 17.9. The van der Waals surface area contributed by atoms with E-state index in [9.17, 15) is 9.90 Å². The Bertz CT molecular complexity index is 1410. The number of halogens is 1. The predicted octanol–water partition coefficient (Wildman–Crippen LogP) is 5.13. The summed E-state index contributed by atoms with van der Waals surface area (Å²) >= 11 is 3.53. The van der Waals surface area contributed by atoms with Crippen LogP contribution in [0.15, 0.2) is 58.8 Å². The van der Waals surface area contributed by atoms with Crippen LogP contribution in [0.3, 0.4) is 0 Å². The molecular formula is C29H27BrN2O5. The molecule has 3 aromatic carbocycles. The van der Waals surface area contributed by atoms with Gasteiger partial charge in [-0.1, -0.05) is 40.2 Å². The molecule has 0 unspecified atom stereocenters. The van der Waals surface area contributed by atoms with Crippen LogP contribution in [0, 0.1) is 6.92 Å². The minimum Gasteiger partial charge on any atom is -0.507 e. The molecule has 37 heavy (non-hydrogen) atoms. The summed E-state index contributed by atoms with van der Waals surface area (Å²) in [5.74, 6) is 2.36. The molecule has 6 rings (SSSR count). The first-order valence-electron chi connectivity index (χ1n) is 12.3. The van der Waals surface area contributed by atoms with Crippen molar-refractivity contribution in [2.45, 2.75) is 20.0 Å². The lowest BCUT2D eigenvalue weighted by molar-refractivity contribution is 0.101. The molecule has 0 spiro atoms. The summed E-state index contributed by atoms with van der Waals surface area (Å²) in [5.41, 5.74) is 3.97.